The number of carbonyl (C=O) groups excluding carboxylic acids is 2. The van der Waals surface area contributed by atoms with E-state index >= 15 is 0 Å². The van der Waals surface area contributed by atoms with Gasteiger partial charge in [0.05, 0.1) is 17.3 Å². The smallest absolute Gasteiger partial charge is 0.238 e. The Kier molecular flexibility index (Phi) is 7.07. The molecule has 0 saturated carbocycles. The molecule has 0 atom stereocenters. The number of benzene rings is 1. The molecule has 1 heterocycles. The standard InChI is InChI=1S/C17H23BrClN3O2/c1-12(2)9-17(24)22-7-5-21(6-8-22)11-16(23)20-15-4-3-13(18)10-14(15)19/h3-4,10,12H,5-9,11H2,1-2H3,(H,20,23). The van der Waals surface area contributed by atoms with Gasteiger partial charge in [-0.2, -0.15) is 0 Å². The van der Waals surface area contributed by atoms with Gasteiger partial charge >= 0.3 is 0 Å². The zero-order valence-electron chi connectivity index (χ0n) is 14.0. The van der Waals surface area contributed by atoms with Crippen LogP contribution in [0.25, 0.3) is 0 Å². The number of hydrogen-bond acceptors (Lipinski definition) is 3. The van der Waals surface area contributed by atoms with Crippen LogP contribution >= 0.6 is 27.5 Å². The summed E-state index contributed by atoms with van der Waals surface area (Å²) < 4.78 is 0.868. The monoisotopic (exact) mass is 415 g/mol. The first-order valence-corrected chi connectivity index (χ1v) is 9.27. The third kappa shape index (κ3) is 5.76. The normalized spacial score (nSPS) is 15.6. The van der Waals surface area contributed by atoms with Crippen molar-refractivity contribution in [1.29, 1.82) is 0 Å². The summed E-state index contributed by atoms with van der Waals surface area (Å²) in [5.74, 6) is 0.480. The van der Waals surface area contributed by atoms with E-state index in [-0.39, 0.29) is 11.8 Å². The van der Waals surface area contributed by atoms with Gasteiger partial charge < -0.3 is 10.2 Å². The van der Waals surface area contributed by atoms with Gasteiger partial charge in [-0.05, 0) is 24.1 Å². The minimum atomic E-state index is -0.0961. The molecule has 2 amide bonds. The van der Waals surface area contributed by atoms with Crippen LogP contribution in [0.4, 0.5) is 5.69 Å². The third-order valence-corrected chi connectivity index (χ3v) is 4.69. The number of halogens is 2. The summed E-state index contributed by atoms with van der Waals surface area (Å²) >= 11 is 9.45. The zero-order chi connectivity index (χ0) is 17.7. The Morgan fingerprint density at radius 3 is 2.50 bits per heavy atom. The van der Waals surface area contributed by atoms with Crippen LogP contribution in [0.2, 0.25) is 5.02 Å². The predicted octanol–water partition coefficient (Wildman–Crippen LogP) is 3.23. The molecule has 0 bridgehead atoms. The highest BCUT2D eigenvalue weighted by molar-refractivity contribution is 9.10. The Labute approximate surface area is 156 Å². The van der Waals surface area contributed by atoms with Crippen molar-refractivity contribution in [2.45, 2.75) is 20.3 Å². The van der Waals surface area contributed by atoms with Crippen molar-refractivity contribution >= 4 is 45.0 Å². The van der Waals surface area contributed by atoms with E-state index in [0.29, 0.717) is 55.8 Å². The molecule has 0 radical (unpaired) electrons. The lowest BCUT2D eigenvalue weighted by molar-refractivity contribution is -0.133. The summed E-state index contributed by atoms with van der Waals surface area (Å²) in [6.45, 7) is 7.18. The van der Waals surface area contributed by atoms with Crippen molar-refractivity contribution < 1.29 is 9.59 Å². The van der Waals surface area contributed by atoms with Crippen molar-refractivity contribution in [2.24, 2.45) is 5.92 Å². The van der Waals surface area contributed by atoms with Gasteiger partial charge in [0.15, 0.2) is 0 Å². The Hall–Kier alpha value is -1.11. The van der Waals surface area contributed by atoms with Crippen molar-refractivity contribution in [3.8, 4) is 0 Å². The van der Waals surface area contributed by atoms with E-state index in [4.69, 9.17) is 11.6 Å². The Morgan fingerprint density at radius 1 is 1.25 bits per heavy atom. The number of piperazine rings is 1. The molecule has 2 rings (SSSR count). The van der Waals surface area contributed by atoms with Gasteiger partial charge in [0, 0.05) is 37.1 Å². The largest absolute Gasteiger partial charge is 0.340 e. The summed E-state index contributed by atoms with van der Waals surface area (Å²) in [5.41, 5.74) is 0.607. The molecular weight excluding hydrogens is 394 g/mol. The average Bonchev–Trinajstić information content (AvgIpc) is 2.50. The Bertz CT molecular complexity index is 601. The van der Waals surface area contributed by atoms with E-state index in [0.717, 1.165) is 4.47 Å². The molecule has 7 heteroatoms. The number of anilines is 1. The maximum absolute atomic E-state index is 12.2. The van der Waals surface area contributed by atoms with Crippen LogP contribution in [0.1, 0.15) is 20.3 Å². The number of amides is 2. The van der Waals surface area contributed by atoms with E-state index in [1.54, 1.807) is 12.1 Å². The van der Waals surface area contributed by atoms with Gasteiger partial charge in [0.1, 0.15) is 0 Å². The van der Waals surface area contributed by atoms with E-state index in [1.807, 2.05) is 24.8 Å². The molecule has 1 aliphatic rings. The number of carbonyl (C=O) groups is 2. The highest BCUT2D eigenvalue weighted by Gasteiger charge is 2.22. The molecule has 0 aromatic heterocycles. The zero-order valence-corrected chi connectivity index (χ0v) is 16.4. The lowest BCUT2D eigenvalue weighted by Crippen LogP contribution is -2.50. The topological polar surface area (TPSA) is 52.7 Å². The van der Waals surface area contributed by atoms with Gasteiger partial charge in [-0.25, -0.2) is 0 Å². The second-order valence-corrected chi connectivity index (χ2v) is 7.75. The van der Waals surface area contributed by atoms with E-state index in [1.165, 1.54) is 0 Å². The first kappa shape index (κ1) is 19.2. The van der Waals surface area contributed by atoms with Crippen molar-refractivity contribution in [3.05, 3.63) is 27.7 Å². The number of nitrogens with zero attached hydrogens (tertiary/aromatic N) is 2. The second-order valence-electron chi connectivity index (χ2n) is 6.43. The quantitative estimate of drug-likeness (QED) is 0.802. The fraction of sp³-hybridized carbons (Fsp3) is 0.529. The average molecular weight is 417 g/mol. The minimum absolute atomic E-state index is 0.0961. The molecule has 132 valence electrons. The Morgan fingerprint density at radius 2 is 1.92 bits per heavy atom. The van der Waals surface area contributed by atoms with Crippen LogP contribution in [0.3, 0.4) is 0 Å². The van der Waals surface area contributed by atoms with E-state index < -0.39 is 0 Å². The van der Waals surface area contributed by atoms with Gasteiger partial charge in [-0.1, -0.05) is 41.4 Å². The van der Waals surface area contributed by atoms with E-state index in [2.05, 4.69) is 26.1 Å². The molecule has 1 aliphatic heterocycles. The fourth-order valence-electron chi connectivity index (χ4n) is 2.62. The molecule has 1 aromatic rings. The maximum Gasteiger partial charge on any atom is 0.238 e. The van der Waals surface area contributed by atoms with Gasteiger partial charge in [0.25, 0.3) is 0 Å². The van der Waals surface area contributed by atoms with Crippen LogP contribution in [0, 0.1) is 5.92 Å². The molecule has 0 aliphatic carbocycles. The molecule has 0 spiro atoms. The highest BCUT2D eigenvalue weighted by Crippen LogP contribution is 2.25. The summed E-state index contributed by atoms with van der Waals surface area (Å²) in [7, 11) is 0. The lowest BCUT2D eigenvalue weighted by Gasteiger charge is -2.34. The fourth-order valence-corrected chi connectivity index (χ4v) is 3.34. The second kappa shape index (κ2) is 8.83. The molecule has 1 N–H and O–H groups in total. The third-order valence-electron chi connectivity index (χ3n) is 3.88. The molecular formula is C17H23BrClN3O2. The predicted molar refractivity (Wildman–Crippen MR) is 100 cm³/mol. The summed E-state index contributed by atoms with van der Waals surface area (Å²) in [5, 5.41) is 3.33. The van der Waals surface area contributed by atoms with Crippen molar-refractivity contribution in [1.82, 2.24) is 9.80 Å². The molecule has 1 saturated heterocycles. The first-order valence-electron chi connectivity index (χ1n) is 8.10. The summed E-state index contributed by atoms with van der Waals surface area (Å²) in [4.78, 5) is 28.2. The SMILES string of the molecule is CC(C)CC(=O)N1CCN(CC(=O)Nc2ccc(Br)cc2Cl)CC1. The molecule has 24 heavy (non-hydrogen) atoms. The number of rotatable bonds is 5. The van der Waals surface area contributed by atoms with Gasteiger partial charge in [-0.3, -0.25) is 14.5 Å². The van der Waals surface area contributed by atoms with Crippen LogP contribution in [-0.4, -0.2) is 54.3 Å². The summed E-state index contributed by atoms with van der Waals surface area (Å²) in [6, 6.07) is 5.35. The first-order chi connectivity index (χ1) is 11.3. The van der Waals surface area contributed by atoms with Gasteiger partial charge in [-0.15, -0.1) is 0 Å². The maximum atomic E-state index is 12.2. The van der Waals surface area contributed by atoms with Crippen molar-refractivity contribution in [3.63, 3.8) is 0 Å². The van der Waals surface area contributed by atoms with Crippen LogP contribution in [0.15, 0.2) is 22.7 Å². The highest BCUT2D eigenvalue weighted by atomic mass is 79.9. The lowest BCUT2D eigenvalue weighted by atomic mass is 10.1. The van der Waals surface area contributed by atoms with E-state index in [9.17, 15) is 9.59 Å². The molecule has 0 unspecified atom stereocenters. The summed E-state index contributed by atoms with van der Waals surface area (Å²) in [6.07, 6.45) is 0.586. The van der Waals surface area contributed by atoms with Crippen LogP contribution in [0.5, 0.6) is 0 Å². The number of nitrogens with one attached hydrogen (secondary N) is 1. The van der Waals surface area contributed by atoms with Crippen LogP contribution < -0.4 is 5.32 Å². The van der Waals surface area contributed by atoms with Crippen LogP contribution in [-0.2, 0) is 9.59 Å². The van der Waals surface area contributed by atoms with Gasteiger partial charge in [0.2, 0.25) is 11.8 Å². The minimum Gasteiger partial charge on any atom is -0.340 e. The Balaban J connectivity index is 1.79. The molecule has 1 fully saturated rings. The molecule has 1 aromatic carbocycles. The number of hydrogen-bond donors (Lipinski definition) is 1. The molecule has 5 nitrogen and oxygen atoms in total. The van der Waals surface area contributed by atoms with Crippen molar-refractivity contribution in [2.75, 3.05) is 38.0 Å².